The van der Waals surface area contributed by atoms with E-state index < -0.39 is 0 Å². The third kappa shape index (κ3) is 3.15. The fraction of sp³-hybridized carbons (Fsp3) is 0.714. The van der Waals surface area contributed by atoms with Crippen molar-refractivity contribution in [2.24, 2.45) is 17.8 Å². The Kier molecular flexibility index (Phi) is 4.46. The van der Waals surface area contributed by atoms with Crippen LogP contribution in [0.3, 0.4) is 0 Å². The van der Waals surface area contributed by atoms with Crippen molar-refractivity contribution < 1.29 is 9.47 Å². The van der Waals surface area contributed by atoms with Crippen LogP contribution in [0.1, 0.15) is 57.4 Å². The van der Waals surface area contributed by atoms with Crippen LogP contribution in [0.25, 0.3) is 0 Å². The maximum absolute atomic E-state index is 5.77. The number of nitrogens with one attached hydrogen (secondary N) is 1. The Morgan fingerprint density at radius 3 is 2.29 bits per heavy atom. The van der Waals surface area contributed by atoms with Crippen LogP contribution < -0.4 is 14.8 Å². The van der Waals surface area contributed by atoms with Gasteiger partial charge in [0.15, 0.2) is 11.5 Å². The molecule has 4 bridgehead atoms. The SMILES string of the molecule is CCCOc1ccc(CNC23CC4CC(CC(C4)C2)C3)cc1OC. The first-order valence-electron chi connectivity index (χ1n) is 9.74. The average molecular weight is 329 g/mol. The lowest BCUT2D eigenvalue weighted by Crippen LogP contribution is -2.58. The number of hydrogen-bond acceptors (Lipinski definition) is 3. The number of methoxy groups -OCH3 is 1. The molecular weight excluding hydrogens is 298 g/mol. The highest BCUT2D eigenvalue weighted by atomic mass is 16.5. The smallest absolute Gasteiger partial charge is 0.161 e. The van der Waals surface area contributed by atoms with Gasteiger partial charge in [-0.25, -0.2) is 0 Å². The van der Waals surface area contributed by atoms with Gasteiger partial charge in [0.2, 0.25) is 0 Å². The molecule has 0 spiro atoms. The first-order valence-corrected chi connectivity index (χ1v) is 9.74. The summed E-state index contributed by atoms with van der Waals surface area (Å²) in [5.74, 6) is 4.68. The summed E-state index contributed by atoms with van der Waals surface area (Å²) in [5, 5.41) is 3.96. The fourth-order valence-electron chi connectivity index (χ4n) is 5.77. The number of ether oxygens (including phenoxy) is 2. The Balaban J connectivity index is 1.42. The summed E-state index contributed by atoms with van der Waals surface area (Å²) in [4.78, 5) is 0. The standard InChI is InChI=1S/C21H31NO2/c1-3-6-24-19-5-4-15(10-20(19)23-2)14-22-21-11-16-7-17(12-21)9-18(8-16)13-21/h4-5,10,16-18,22H,3,6-9,11-14H2,1-2H3. The molecule has 24 heavy (non-hydrogen) atoms. The van der Waals surface area contributed by atoms with Gasteiger partial charge in [0.05, 0.1) is 13.7 Å². The molecule has 0 aliphatic heterocycles. The van der Waals surface area contributed by atoms with E-state index in [-0.39, 0.29) is 0 Å². The van der Waals surface area contributed by atoms with Gasteiger partial charge < -0.3 is 14.8 Å². The van der Waals surface area contributed by atoms with E-state index in [0.29, 0.717) is 5.54 Å². The lowest BCUT2D eigenvalue weighted by Gasteiger charge is -2.57. The molecule has 3 nitrogen and oxygen atoms in total. The number of hydrogen-bond donors (Lipinski definition) is 1. The van der Waals surface area contributed by atoms with Gasteiger partial charge in [-0.3, -0.25) is 0 Å². The summed E-state index contributed by atoms with van der Waals surface area (Å²) in [5.41, 5.74) is 1.71. The highest BCUT2D eigenvalue weighted by Crippen LogP contribution is 2.55. The molecule has 4 aliphatic carbocycles. The Morgan fingerprint density at radius 1 is 1.04 bits per heavy atom. The van der Waals surface area contributed by atoms with Crippen LogP contribution in [0.5, 0.6) is 11.5 Å². The molecule has 132 valence electrons. The first kappa shape index (κ1) is 16.3. The molecule has 0 atom stereocenters. The maximum atomic E-state index is 5.77. The van der Waals surface area contributed by atoms with Crippen LogP contribution in [0.4, 0.5) is 0 Å². The summed E-state index contributed by atoms with van der Waals surface area (Å²) < 4.78 is 11.3. The predicted molar refractivity (Wildman–Crippen MR) is 96.5 cm³/mol. The van der Waals surface area contributed by atoms with Crippen LogP contribution in [-0.4, -0.2) is 19.3 Å². The third-order valence-electron chi connectivity index (χ3n) is 6.40. The van der Waals surface area contributed by atoms with Gasteiger partial charge in [-0.05, 0) is 80.4 Å². The zero-order chi connectivity index (χ0) is 16.6. The van der Waals surface area contributed by atoms with Crippen molar-refractivity contribution in [3.63, 3.8) is 0 Å². The van der Waals surface area contributed by atoms with E-state index in [1.807, 2.05) is 0 Å². The quantitative estimate of drug-likeness (QED) is 0.796. The molecule has 3 heteroatoms. The predicted octanol–water partition coefficient (Wildman–Crippen LogP) is 4.54. The minimum absolute atomic E-state index is 0.416. The van der Waals surface area contributed by atoms with E-state index in [0.717, 1.165) is 48.8 Å². The average Bonchev–Trinajstić information content (AvgIpc) is 2.57. The molecule has 4 fully saturated rings. The molecule has 0 amide bonds. The summed E-state index contributed by atoms with van der Waals surface area (Å²) in [7, 11) is 1.73. The Morgan fingerprint density at radius 2 is 1.71 bits per heavy atom. The van der Waals surface area contributed by atoms with Gasteiger partial charge in [0.1, 0.15) is 0 Å². The second-order valence-corrected chi connectivity index (χ2v) is 8.39. The van der Waals surface area contributed by atoms with Crippen LogP contribution in [-0.2, 0) is 6.54 Å². The molecule has 5 rings (SSSR count). The first-order chi connectivity index (χ1) is 11.7. The van der Waals surface area contributed by atoms with Crippen molar-refractivity contribution in [1.82, 2.24) is 5.32 Å². The minimum Gasteiger partial charge on any atom is -0.493 e. The molecule has 0 unspecified atom stereocenters. The molecule has 1 N–H and O–H groups in total. The monoisotopic (exact) mass is 329 g/mol. The summed E-state index contributed by atoms with van der Waals surface area (Å²) in [6, 6.07) is 6.38. The molecule has 1 aromatic rings. The summed E-state index contributed by atoms with van der Waals surface area (Å²) in [6.45, 7) is 3.80. The van der Waals surface area contributed by atoms with Gasteiger partial charge in [-0.2, -0.15) is 0 Å². The molecule has 4 aliphatic rings. The fourth-order valence-corrected chi connectivity index (χ4v) is 5.77. The van der Waals surface area contributed by atoms with E-state index in [1.54, 1.807) is 7.11 Å². The van der Waals surface area contributed by atoms with E-state index in [4.69, 9.17) is 9.47 Å². The zero-order valence-corrected chi connectivity index (χ0v) is 15.1. The lowest BCUT2D eigenvalue weighted by molar-refractivity contribution is -0.0206. The van der Waals surface area contributed by atoms with Gasteiger partial charge in [0, 0.05) is 12.1 Å². The van der Waals surface area contributed by atoms with E-state index >= 15 is 0 Å². The highest BCUT2D eigenvalue weighted by molar-refractivity contribution is 5.43. The third-order valence-corrected chi connectivity index (χ3v) is 6.40. The van der Waals surface area contributed by atoms with E-state index in [9.17, 15) is 0 Å². The van der Waals surface area contributed by atoms with Crippen molar-refractivity contribution in [2.75, 3.05) is 13.7 Å². The lowest BCUT2D eigenvalue weighted by atomic mass is 9.53. The van der Waals surface area contributed by atoms with Gasteiger partial charge in [0.25, 0.3) is 0 Å². The molecule has 0 aromatic heterocycles. The topological polar surface area (TPSA) is 30.5 Å². The van der Waals surface area contributed by atoms with Crippen LogP contribution >= 0.6 is 0 Å². The van der Waals surface area contributed by atoms with Crippen molar-refractivity contribution >= 4 is 0 Å². The largest absolute Gasteiger partial charge is 0.493 e. The molecule has 1 aromatic carbocycles. The second-order valence-electron chi connectivity index (χ2n) is 8.39. The Hall–Kier alpha value is -1.22. The van der Waals surface area contributed by atoms with Gasteiger partial charge in [-0.15, -0.1) is 0 Å². The normalized spacial score (nSPS) is 33.7. The zero-order valence-electron chi connectivity index (χ0n) is 15.1. The van der Waals surface area contributed by atoms with Crippen molar-refractivity contribution in [2.45, 2.75) is 64.0 Å². The van der Waals surface area contributed by atoms with Crippen LogP contribution in [0, 0.1) is 17.8 Å². The van der Waals surface area contributed by atoms with Crippen molar-refractivity contribution in [1.29, 1.82) is 0 Å². The molecule has 0 radical (unpaired) electrons. The summed E-state index contributed by atoms with van der Waals surface area (Å²) in [6.07, 6.45) is 9.70. The Labute approximate surface area is 146 Å². The van der Waals surface area contributed by atoms with Crippen LogP contribution in [0.2, 0.25) is 0 Å². The van der Waals surface area contributed by atoms with Crippen molar-refractivity contribution in [3.8, 4) is 11.5 Å². The molecule has 4 saturated carbocycles. The van der Waals surface area contributed by atoms with Crippen molar-refractivity contribution in [3.05, 3.63) is 23.8 Å². The highest BCUT2D eigenvalue weighted by Gasteiger charge is 2.50. The maximum Gasteiger partial charge on any atom is 0.161 e. The van der Waals surface area contributed by atoms with E-state index in [1.165, 1.54) is 44.1 Å². The minimum atomic E-state index is 0.416. The molecular formula is C21H31NO2. The summed E-state index contributed by atoms with van der Waals surface area (Å²) >= 11 is 0. The van der Waals surface area contributed by atoms with Gasteiger partial charge >= 0.3 is 0 Å². The van der Waals surface area contributed by atoms with Gasteiger partial charge in [-0.1, -0.05) is 13.0 Å². The van der Waals surface area contributed by atoms with Crippen LogP contribution in [0.15, 0.2) is 18.2 Å². The molecule has 0 saturated heterocycles. The van der Waals surface area contributed by atoms with E-state index in [2.05, 4.69) is 30.4 Å². The molecule has 0 heterocycles. The number of rotatable bonds is 7. The Bertz CT molecular complexity index is 548. The second kappa shape index (κ2) is 6.59. The number of benzene rings is 1.